The van der Waals surface area contributed by atoms with Gasteiger partial charge in [-0.25, -0.2) is 4.39 Å². The Balaban J connectivity index is 0.00000210. The molecule has 0 atom stereocenters. The fraction of sp³-hybridized carbons (Fsp3) is 0.619. The van der Waals surface area contributed by atoms with Gasteiger partial charge >= 0.3 is 0 Å². The lowest BCUT2D eigenvalue weighted by Crippen LogP contribution is -3.26. The second-order valence-electron chi connectivity index (χ2n) is 8.14. The average molecular weight is 448 g/mol. The van der Waals surface area contributed by atoms with Gasteiger partial charge < -0.3 is 40.3 Å². The molecule has 2 aliphatic rings. The molecule has 2 saturated heterocycles. The molecule has 0 aliphatic carbocycles. The number of hydrogen-bond donors (Lipinski definition) is 3. The van der Waals surface area contributed by atoms with E-state index in [1.165, 1.54) is 41.2 Å². The lowest BCUT2D eigenvalue weighted by atomic mass is 9.83. The van der Waals surface area contributed by atoms with Gasteiger partial charge in [0.05, 0.1) is 45.6 Å². The van der Waals surface area contributed by atoms with Gasteiger partial charge in [0.1, 0.15) is 5.82 Å². The molecule has 3 rings (SSSR count). The molecule has 1 amide bonds. The molecule has 164 valence electrons. The highest BCUT2D eigenvalue weighted by atomic mass is 35.5. The summed E-state index contributed by atoms with van der Waals surface area (Å²) >= 11 is 0. The molecule has 2 fully saturated rings. The number of nitrogens with one attached hydrogen (secondary N) is 2. The molecule has 0 saturated carbocycles. The van der Waals surface area contributed by atoms with E-state index in [2.05, 4.69) is 0 Å². The smallest absolute Gasteiger partial charge is 0.279 e. The van der Waals surface area contributed by atoms with Crippen LogP contribution in [0.25, 0.3) is 0 Å². The lowest BCUT2D eigenvalue weighted by molar-refractivity contribution is -0.974. The molecule has 2 aliphatic heterocycles. The van der Waals surface area contributed by atoms with Crippen molar-refractivity contribution in [2.75, 3.05) is 32.7 Å². The summed E-state index contributed by atoms with van der Waals surface area (Å²) in [6.07, 6.45) is 6.62. The molecule has 5 nitrogen and oxygen atoms in total. The zero-order valence-corrected chi connectivity index (χ0v) is 18.3. The molecule has 0 unspecified atom stereocenters. The number of piperidine rings is 2. The number of ketones is 1. The van der Waals surface area contributed by atoms with Gasteiger partial charge in [-0.2, -0.15) is 0 Å². The number of quaternary nitrogens is 2. The minimum absolute atomic E-state index is 0. The van der Waals surface area contributed by atoms with Crippen molar-refractivity contribution in [3.8, 4) is 0 Å². The monoisotopic (exact) mass is 447 g/mol. The third kappa shape index (κ3) is 6.38. The summed E-state index contributed by atoms with van der Waals surface area (Å²) < 4.78 is 12.9. The third-order valence-corrected chi connectivity index (χ3v) is 6.52. The SMILES string of the molecule is NC(=O)C1([NH+]2CCCCC2)CC[NH+](CCCC(=O)c2ccc(F)cc2)CC1.[Cl-].[Cl-]. The van der Waals surface area contributed by atoms with Crippen molar-refractivity contribution in [1.82, 2.24) is 0 Å². The van der Waals surface area contributed by atoms with Crippen LogP contribution in [0.1, 0.15) is 55.3 Å². The summed E-state index contributed by atoms with van der Waals surface area (Å²) in [6.45, 7) is 4.93. The van der Waals surface area contributed by atoms with Gasteiger partial charge in [0.15, 0.2) is 11.3 Å². The van der Waals surface area contributed by atoms with Crippen LogP contribution >= 0.6 is 0 Å². The summed E-state index contributed by atoms with van der Waals surface area (Å²) in [5, 5.41) is 0. The van der Waals surface area contributed by atoms with Crippen molar-refractivity contribution >= 4 is 11.7 Å². The predicted octanol–water partition coefficient (Wildman–Crippen LogP) is -6.23. The summed E-state index contributed by atoms with van der Waals surface area (Å²) in [6, 6.07) is 5.76. The van der Waals surface area contributed by atoms with Crippen molar-refractivity contribution < 1.29 is 48.6 Å². The predicted molar refractivity (Wildman–Crippen MR) is 101 cm³/mol. The van der Waals surface area contributed by atoms with E-state index < -0.39 is 0 Å². The minimum atomic E-state index is -0.381. The van der Waals surface area contributed by atoms with E-state index in [4.69, 9.17) is 5.73 Å². The van der Waals surface area contributed by atoms with Crippen LogP contribution in [0.2, 0.25) is 0 Å². The highest BCUT2D eigenvalue weighted by Crippen LogP contribution is 2.15. The molecule has 29 heavy (non-hydrogen) atoms. The van der Waals surface area contributed by atoms with Crippen molar-refractivity contribution in [1.29, 1.82) is 0 Å². The van der Waals surface area contributed by atoms with E-state index in [9.17, 15) is 14.0 Å². The number of likely N-dealkylation sites (tertiary alicyclic amines) is 2. The van der Waals surface area contributed by atoms with E-state index in [0.717, 1.165) is 52.0 Å². The van der Waals surface area contributed by atoms with Gasteiger partial charge in [0.25, 0.3) is 5.91 Å². The van der Waals surface area contributed by atoms with E-state index in [1.54, 1.807) is 12.1 Å². The molecular weight excluding hydrogens is 416 g/mol. The second-order valence-corrected chi connectivity index (χ2v) is 8.14. The number of benzene rings is 1. The van der Waals surface area contributed by atoms with Crippen LogP contribution in [0.15, 0.2) is 24.3 Å². The van der Waals surface area contributed by atoms with Crippen LogP contribution in [0.5, 0.6) is 0 Å². The number of amides is 1. The average Bonchev–Trinajstić information content (AvgIpc) is 2.69. The molecule has 0 bridgehead atoms. The maximum absolute atomic E-state index is 12.9. The van der Waals surface area contributed by atoms with Gasteiger partial charge in [0, 0.05) is 18.4 Å². The van der Waals surface area contributed by atoms with Crippen molar-refractivity contribution in [2.45, 2.75) is 50.5 Å². The second kappa shape index (κ2) is 11.8. The molecule has 0 aromatic heterocycles. The van der Waals surface area contributed by atoms with E-state index in [1.807, 2.05) is 0 Å². The normalized spacial score (nSPS) is 24.8. The Morgan fingerprint density at radius 2 is 1.55 bits per heavy atom. The number of Topliss-reactive ketones (excluding diaryl/α,β-unsaturated/α-hetero) is 1. The maximum Gasteiger partial charge on any atom is 0.279 e. The Morgan fingerprint density at radius 3 is 2.10 bits per heavy atom. The summed E-state index contributed by atoms with van der Waals surface area (Å²) in [5.74, 6) is -0.390. The van der Waals surface area contributed by atoms with E-state index in [0.29, 0.717) is 12.0 Å². The highest BCUT2D eigenvalue weighted by Gasteiger charge is 2.50. The molecule has 1 aromatic rings. The quantitative estimate of drug-likeness (QED) is 0.364. The number of halogens is 3. The van der Waals surface area contributed by atoms with Gasteiger partial charge in [-0.05, 0) is 43.5 Å². The topological polar surface area (TPSA) is 69.0 Å². The van der Waals surface area contributed by atoms with Crippen LogP contribution in [-0.4, -0.2) is 50.0 Å². The summed E-state index contributed by atoms with van der Waals surface area (Å²) in [5.41, 5.74) is 6.05. The number of nitrogens with two attached hydrogens (primary N) is 1. The summed E-state index contributed by atoms with van der Waals surface area (Å²) in [7, 11) is 0. The highest BCUT2D eigenvalue weighted by molar-refractivity contribution is 5.95. The number of primary amides is 1. The Hall–Kier alpha value is -1.21. The van der Waals surface area contributed by atoms with Gasteiger partial charge in [-0.1, -0.05) is 0 Å². The molecule has 4 N–H and O–H groups in total. The molecule has 0 radical (unpaired) electrons. The van der Waals surface area contributed by atoms with Crippen LogP contribution < -0.4 is 40.3 Å². The van der Waals surface area contributed by atoms with Crippen LogP contribution in [-0.2, 0) is 4.79 Å². The minimum Gasteiger partial charge on any atom is -1.00 e. The van der Waals surface area contributed by atoms with Gasteiger partial charge in [-0.3, -0.25) is 9.59 Å². The standard InChI is InChI=1S/C21H30FN3O2.2ClH/c22-18-8-6-17(7-9-18)19(26)5-4-12-24-15-10-21(11-16-24,20(23)27)25-13-2-1-3-14-25;;/h6-9H,1-5,10-16H2,(H2,23,27);2*1H. The van der Waals surface area contributed by atoms with E-state index >= 15 is 0 Å². The van der Waals surface area contributed by atoms with Crippen molar-refractivity contribution in [3.05, 3.63) is 35.6 Å². The van der Waals surface area contributed by atoms with Crippen LogP contribution in [0.4, 0.5) is 4.39 Å². The van der Waals surface area contributed by atoms with Gasteiger partial charge in [-0.15, -0.1) is 0 Å². The maximum atomic E-state index is 12.9. The number of hydrogen-bond acceptors (Lipinski definition) is 2. The molecule has 2 heterocycles. The number of rotatable bonds is 7. The van der Waals surface area contributed by atoms with Crippen LogP contribution in [0.3, 0.4) is 0 Å². The first-order valence-electron chi connectivity index (χ1n) is 10.3. The van der Waals surface area contributed by atoms with Crippen molar-refractivity contribution in [2.24, 2.45) is 5.73 Å². The number of carbonyl (C=O) groups is 2. The zero-order valence-electron chi connectivity index (χ0n) is 16.8. The Labute approximate surface area is 185 Å². The van der Waals surface area contributed by atoms with Gasteiger partial charge in [0.2, 0.25) is 0 Å². The van der Waals surface area contributed by atoms with Crippen molar-refractivity contribution in [3.63, 3.8) is 0 Å². The molecule has 0 spiro atoms. The Kier molecular flexibility index (Phi) is 10.5. The molecular formula is C21H32Cl2FN3O2. The molecule has 1 aromatic carbocycles. The largest absolute Gasteiger partial charge is 1.00 e. The fourth-order valence-corrected chi connectivity index (χ4v) is 4.79. The summed E-state index contributed by atoms with van der Waals surface area (Å²) in [4.78, 5) is 27.3. The third-order valence-electron chi connectivity index (χ3n) is 6.52. The number of carbonyl (C=O) groups excluding carboxylic acids is 2. The molecule has 8 heteroatoms. The first kappa shape index (κ1) is 25.8. The Morgan fingerprint density at radius 1 is 0.966 bits per heavy atom. The first-order valence-corrected chi connectivity index (χ1v) is 10.3. The Bertz CT molecular complexity index is 658. The zero-order chi connectivity index (χ0) is 19.3. The van der Waals surface area contributed by atoms with Crippen LogP contribution in [0, 0.1) is 5.82 Å². The lowest BCUT2D eigenvalue weighted by Gasteiger charge is -2.43. The first-order chi connectivity index (χ1) is 13.0. The van der Waals surface area contributed by atoms with E-state index in [-0.39, 0.29) is 47.9 Å². The fourth-order valence-electron chi connectivity index (χ4n) is 4.79.